The molecular weight excluding hydrogens is 272 g/mol. The van der Waals surface area contributed by atoms with Crippen LogP contribution in [0.25, 0.3) is 0 Å². The lowest BCUT2D eigenvalue weighted by Gasteiger charge is -2.34. The number of rotatable bonds is 5. The van der Waals surface area contributed by atoms with Gasteiger partial charge in [-0.1, -0.05) is 32.1 Å². The van der Waals surface area contributed by atoms with Crippen LogP contribution >= 0.6 is 0 Å². The zero-order valence-corrected chi connectivity index (χ0v) is 14.4. The van der Waals surface area contributed by atoms with Gasteiger partial charge in [-0.15, -0.1) is 0 Å². The Hall–Kier alpha value is -1.28. The molecule has 0 bridgehead atoms. The van der Waals surface area contributed by atoms with Crippen LogP contribution in [0.1, 0.15) is 75.0 Å². The van der Waals surface area contributed by atoms with Gasteiger partial charge in [0.2, 0.25) is 0 Å². The maximum atomic E-state index is 10.0. The van der Waals surface area contributed by atoms with E-state index in [-0.39, 0.29) is 6.10 Å². The fourth-order valence-corrected chi connectivity index (χ4v) is 3.68. The minimum absolute atomic E-state index is 0.383. The largest absolute Gasteiger partial charge is 0.508 e. The van der Waals surface area contributed by atoms with Crippen LogP contribution in [0.3, 0.4) is 0 Å². The maximum Gasteiger partial charge on any atom is 0.118 e. The highest BCUT2D eigenvalue weighted by molar-refractivity contribution is 5.45. The Morgan fingerprint density at radius 2 is 1.95 bits per heavy atom. The highest BCUT2D eigenvalue weighted by Gasteiger charge is 2.29. The van der Waals surface area contributed by atoms with E-state index in [1.807, 2.05) is 19.9 Å². The molecule has 2 nitrogen and oxygen atoms in total. The van der Waals surface area contributed by atoms with E-state index in [1.54, 1.807) is 0 Å². The van der Waals surface area contributed by atoms with Gasteiger partial charge in [0.25, 0.3) is 0 Å². The Bertz CT molecular complexity index is 547. The van der Waals surface area contributed by atoms with Gasteiger partial charge in [0.15, 0.2) is 0 Å². The molecule has 2 rings (SSSR count). The van der Waals surface area contributed by atoms with Crippen molar-refractivity contribution in [3.05, 3.63) is 41.0 Å². The molecule has 0 saturated heterocycles. The van der Waals surface area contributed by atoms with Gasteiger partial charge in [-0.3, -0.25) is 0 Å². The summed E-state index contributed by atoms with van der Waals surface area (Å²) in [6.45, 7) is 12.2. The van der Waals surface area contributed by atoms with Crippen molar-refractivity contribution in [2.24, 2.45) is 5.92 Å². The van der Waals surface area contributed by atoms with Crippen LogP contribution in [0.2, 0.25) is 0 Å². The molecule has 0 heterocycles. The summed E-state index contributed by atoms with van der Waals surface area (Å²) in [5.41, 5.74) is 4.54. The van der Waals surface area contributed by atoms with E-state index in [0.717, 1.165) is 24.0 Å². The second-order valence-corrected chi connectivity index (χ2v) is 7.27. The second kappa shape index (κ2) is 6.87. The average Bonchev–Trinajstić information content (AvgIpc) is 2.46. The summed E-state index contributed by atoms with van der Waals surface area (Å²) in [7, 11) is 0. The molecular formula is C20H30O2. The van der Waals surface area contributed by atoms with E-state index in [9.17, 15) is 10.2 Å². The van der Waals surface area contributed by atoms with Crippen molar-refractivity contribution < 1.29 is 10.2 Å². The van der Waals surface area contributed by atoms with Gasteiger partial charge in [-0.05, 0) is 80.0 Å². The highest BCUT2D eigenvalue weighted by Crippen LogP contribution is 2.45. The molecule has 0 fully saturated rings. The summed E-state index contributed by atoms with van der Waals surface area (Å²) < 4.78 is 0. The van der Waals surface area contributed by atoms with Gasteiger partial charge in [-0.25, -0.2) is 0 Å². The third-order valence-electron chi connectivity index (χ3n) is 5.39. The van der Waals surface area contributed by atoms with Crippen molar-refractivity contribution in [3.63, 3.8) is 0 Å². The molecule has 22 heavy (non-hydrogen) atoms. The number of aliphatic hydroxyl groups excluding tert-OH is 1. The van der Waals surface area contributed by atoms with Crippen LogP contribution in [0.5, 0.6) is 5.75 Å². The first-order valence-electron chi connectivity index (χ1n) is 8.48. The standard InChI is InChI=1S/C20H30O2/c1-12(2)19(21)9-7-13(3)16-8-6-14(4)17-11-20(22)15(5)10-18(16)17/h10-11,13-14,16,19,21-22H,1,6-9H2,2-5H3/t13-,14-,16+,19?/m0/s1. The topological polar surface area (TPSA) is 40.5 Å². The van der Waals surface area contributed by atoms with Crippen molar-refractivity contribution in [2.45, 2.75) is 71.3 Å². The van der Waals surface area contributed by atoms with Crippen LogP contribution in [0, 0.1) is 12.8 Å². The van der Waals surface area contributed by atoms with E-state index in [2.05, 4.69) is 26.5 Å². The van der Waals surface area contributed by atoms with Gasteiger partial charge in [0, 0.05) is 0 Å². The normalized spacial score (nSPS) is 23.7. The zero-order valence-electron chi connectivity index (χ0n) is 14.4. The molecule has 1 aromatic carbocycles. The molecule has 4 atom stereocenters. The van der Waals surface area contributed by atoms with Crippen LogP contribution in [-0.2, 0) is 0 Å². The molecule has 0 radical (unpaired) electrons. The Morgan fingerprint density at radius 1 is 1.27 bits per heavy atom. The van der Waals surface area contributed by atoms with Crippen molar-refractivity contribution in [3.8, 4) is 5.75 Å². The second-order valence-electron chi connectivity index (χ2n) is 7.27. The third kappa shape index (κ3) is 3.55. The minimum atomic E-state index is -0.383. The summed E-state index contributed by atoms with van der Waals surface area (Å²) >= 11 is 0. The van der Waals surface area contributed by atoms with Crippen LogP contribution in [-0.4, -0.2) is 16.3 Å². The number of phenolic OH excluding ortho intramolecular Hbond substituents is 1. The SMILES string of the molecule is C=C(C)C(O)CC[C@H](C)[C@H]1CC[C@H](C)c2cc(O)c(C)cc21. The van der Waals surface area contributed by atoms with Crippen LogP contribution < -0.4 is 0 Å². The van der Waals surface area contributed by atoms with Crippen molar-refractivity contribution in [2.75, 3.05) is 0 Å². The van der Waals surface area contributed by atoms with Crippen molar-refractivity contribution >= 4 is 0 Å². The van der Waals surface area contributed by atoms with Gasteiger partial charge < -0.3 is 10.2 Å². The molecule has 0 spiro atoms. The minimum Gasteiger partial charge on any atom is -0.508 e. The predicted molar refractivity (Wildman–Crippen MR) is 92.5 cm³/mol. The number of phenols is 1. The Kier molecular flexibility index (Phi) is 5.33. The smallest absolute Gasteiger partial charge is 0.118 e. The molecule has 0 saturated carbocycles. The number of aliphatic hydroxyl groups is 1. The number of benzene rings is 1. The van der Waals surface area contributed by atoms with E-state index < -0.39 is 0 Å². The molecule has 2 heteroatoms. The first-order chi connectivity index (χ1) is 10.3. The summed E-state index contributed by atoms with van der Waals surface area (Å²) in [5.74, 6) is 1.99. The quantitative estimate of drug-likeness (QED) is 0.748. The maximum absolute atomic E-state index is 10.0. The number of aryl methyl sites for hydroxylation is 1. The summed E-state index contributed by atoms with van der Waals surface area (Å²) in [6, 6.07) is 4.15. The van der Waals surface area contributed by atoms with Crippen molar-refractivity contribution in [1.29, 1.82) is 0 Å². The van der Waals surface area contributed by atoms with Gasteiger partial charge in [0.1, 0.15) is 5.75 Å². The Balaban J connectivity index is 2.18. The molecule has 1 aliphatic rings. The summed E-state index contributed by atoms with van der Waals surface area (Å²) in [4.78, 5) is 0. The van der Waals surface area contributed by atoms with E-state index in [1.165, 1.54) is 24.0 Å². The Morgan fingerprint density at radius 3 is 2.59 bits per heavy atom. The first kappa shape index (κ1) is 17.1. The molecule has 2 N–H and O–H groups in total. The fraction of sp³-hybridized carbons (Fsp3) is 0.600. The number of hydrogen-bond acceptors (Lipinski definition) is 2. The zero-order chi connectivity index (χ0) is 16.4. The predicted octanol–water partition coefficient (Wildman–Crippen LogP) is 5.03. The van der Waals surface area contributed by atoms with Gasteiger partial charge in [0.05, 0.1) is 6.10 Å². The first-order valence-corrected chi connectivity index (χ1v) is 8.48. The van der Waals surface area contributed by atoms with Crippen LogP contribution in [0.4, 0.5) is 0 Å². The molecule has 0 amide bonds. The highest BCUT2D eigenvalue weighted by atomic mass is 16.3. The summed E-state index contributed by atoms with van der Waals surface area (Å²) in [5, 5.41) is 20.0. The molecule has 0 aliphatic heterocycles. The lowest BCUT2D eigenvalue weighted by atomic mass is 9.71. The molecule has 1 aliphatic carbocycles. The van der Waals surface area contributed by atoms with E-state index in [4.69, 9.17) is 0 Å². The number of aromatic hydroxyl groups is 1. The van der Waals surface area contributed by atoms with Crippen molar-refractivity contribution in [1.82, 2.24) is 0 Å². The molecule has 0 aromatic heterocycles. The van der Waals surface area contributed by atoms with Crippen LogP contribution in [0.15, 0.2) is 24.3 Å². The molecule has 1 aromatic rings. The Labute approximate surface area is 134 Å². The summed E-state index contributed by atoms with van der Waals surface area (Å²) in [6.07, 6.45) is 3.78. The van der Waals surface area contributed by atoms with Gasteiger partial charge >= 0.3 is 0 Å². The number of fused-ring (bicyclic) bond motifs is 1. The monoisotopic (exact) mass is 302 g/mol. The van der Waals surface area contributed by atoms with Gasteiger partial charge in [-0.2, -0.15) is 0 Å². The lowest BCUT2D eigenvalue weighted by molar-refractivity contribution is 0.185. The number of hydrogen-bond donors (Lipinski definition) is 2. The lowest BCUT2D eigenvalue weighted by Crippen LogP contribution is -2.20. The van der Waals surface area contributed by atoms with E-state index in [0.29, 0.717) is 23.5 Å². The molecule has 122 valence electrons. The molecule has 1 unspecified atom stereocenters. The van der Waals surface area contributed by atoms with E-state index >= 15 is 0 Å². The third-order valence-corrected chi connectivity index (χ3v) is 5.39. The fourth-order valence-electron chi connectivity index (χ4n) is 3.68. The average molecular weight is 302 g/mol.